The molecule has 0 bridgehead atoms. The third-order valence-electron chi connectivity index (χ3n) is 2.39. The van der Waals surface area contributed by atoms with Gasteiger partial charge in [0.2, 0.25) is 0 Å². The number of nitrogen functional groups attached to an aromatic ring is 1. The lowest BCUT2D eigenvalue weighted by Gasteiger charge is -2.03. The Balaban J connectivity index is 2.28. The lowest BCUT2D eigenvalue weighted by atomic mass is 10.3. The van der Waals surface area contributed by atoms with Gasteiger partial charge in [0.25, 0.3) is 0 Å². The zero-order valence-electron chi connectivity index (χ0n) is 9.10. The number of fused-ring (bicyclic) bond motifs is 1. The molecule has 3 heterocycles. The molecular weight excluding hydrogens is 252 g/mol. The molecule has 0 atom stereocenters. The van der Waals surface area contributed by atoms with Crippen LogP contribution in [0.3, 0.4) is 0 Å². The van der Waals surface area contributed by atoms with Crippen molar-refractivity contribution in [1.82, 2.24) is 9.97 Å². The number of anilines is 1. The van der Waals surface area contributed by atoms with Crippen LogP contribution >= 0.6 is 22.7 Å². The van der Waals surface area contributed by atoms with Crippen molar-refractivity contribution in [2.75, 3.05) is 5.43 Å². The van der Waals surface area contributed by atoms with E-state index in [4.69, 9.17) is 5.84 Å². The Labute approximate surface area is 106 Å². The molecule has 17 heavy (non-hydrogen) atoms. The first-order valence-corrected chi connectivity index (χ1v) is 6.76. The number of aromatic nitrogens is 2. The van der Waals surface area contributed by atoms with E-state index in [1.807, 2.05) is 23.6 Å². The summed E-state index contributed by atoms with van der Waals surface area (Å²) in [6.07, 6.45) is 0. The van der Waals surface area contributed by atoms with Crippen molar-refractivity contribution in [1.29, 1.82) is 0 Å². The van der Waals surface area contributed by atoms with Gasteiger partial charge in [-0.15, -0.1) is 22.7 Å². The van der Waals surface area contributed by atoms with Gasteiger partial charge in [0.05, 0.1) is 10.3 Å². The summed E-state index contributed by atoms with van der Waals surface area (Å²) in [5, 5.41) is 2.99. The molecule has 0 unspecified atom stereocenters. The lowest BCUT2D eigenvalue weighted by Crippen LogP contribution is -2.09. The highest BCUT2D eigenvalue weighted by molar-refractivity contribution is 7.18. The molecule has 0 fully saturated rings. The summed E-state index contributed by atoms with van der Waals surface area (Å²) in [5.74, 6) is 6.92. The van der Waals surface area contributed by atoms with Gasteiger partial charge in [0.1, 0.15) is 4.83 Å². The first-order chi connectivity index (χ1) is 8.28. The van der Waals surface area contributed by atoms with Gasteiger partial charge in [-0.2, -0.15) is 0 Å². The minimum atomic E-state index is 0.683. The second-order valence-electron chi connectivity index (χ2n) is 3.59. The van der Waals surface area contributed by atoms with Crippen LogP contribution in [-0.4, -0.2) is 9.97 Å². The predicted molar refractivity (Wildman–Crippen MR) is 73.3 cm³/mol. The van der Waals surface area contributed by atoms with Crippen LogP contribution in [0.5, 0.6) is 0 Å². The van der Waals surface area contributed by atoms with Gasteiger partial charge < -0.3 is 5.43 Å². The summed E-state index contributed by atoms with van der Waals surface area (Å²) in [6.45, 7) is 2.05. The monoisotopic (exact) mass is 262 g/mol. The normalized spacial score (nSPS) is 10.9. The molecule has 86 valence electrons. The van der Waals surface area contributed by atoms with Crippen molar-refractivity contribution in [2.24, 2.45) is 5.84 Å². The predicted octanol–water partition coefficient (Wildman–Crippen LogP) is 3.01. The van der Waals surface area contributed by atoms with E-state index in [0.717, 1.165) is 20.9 Å². The van der Waals surface area contributed by atoms with Gasteiger partial charge in [-0.1, -0.05) is 6.07 Å². The lowest BCUT2D eigenvalue weighted by molar-refractivity contribution is 1.20. The molecular formula is C11H10N4S2. The van der Waals surface area contributed by atoms with Gasteiger partial charge in [0, 0.05) is 4.88 Å². The summed E-state index contributed by atoms with van der Waals surface area (Å²) >= 11 is 3.27. The van der Waals surface area contributed by atoms with Crippen LogP contribution in [0.1, 0.15) is 4.88 Å². The third-order valence-corrected chi connectivity index (χ3v) is 4.20. The maximum absolute atomic E-state index is 5.52. The van der Waals surface area contributed by atoms with E-state index in [2.05, 4.69) is 22.3 Å². The quantitative estimate of drug-likeness (QED) is 0.550. The Bertz CT molecular complexity index is 657. The van der Waals surface area contributed by atoms with Crippen LogP contribution in [0.4, 0.5) is 5.82 Å². The Hall–Kier alpha value is -1.50. The summed E-state index contributed by atoms with van der Waals surface area (Å²) in [4.78, 5) is 12.2. The maximum atomic E-state index is 5.52. The average molecular weight is 262 g/mol. The van der Waals surface area contributed by atoms with Crippen molar-refractivity contribution in [2.45, 2.75) is 6.92 Å². The van der Waals surface area contributed by atoms with Crippen LogP contribution in [0.15, 0.2) is 23.6 Å². The number of nitrogens with zero attached hydrogens (tertiary/aromatic N) is 2. The van der Waals surface area contributed by atoms with Gasteiger partial charge in [-0.3, -0.25) is 0 Å². The molecule has 3 rings (SSSR count). The largest absolute Gasteiger partial charge is 0.308 e. The molecule has 0 amide bonds. The van der Waals surface area contributed by atoms with Crippen LogP contribution in [0.2, 0.25) is 0 Å². The van der Waals surface area contributed by atoms with Crippen molar-refractivity contribution in [3.05, 3.63) is 28.5 Å². The van der Waals surface area contributed by atoms with E-state index in [9.17, 15) is 0 Å². The number of hydrazine groups is 1. The van der Waals surface area contributed by atoms with E-state index >= 15 is 0 Å². The minimum Gasteiger partial charge on any atom is -0.308 e. The summed E-state index contributed by atoms with van der Waals surface area (Å²) in [5.41, 5.74) is 2.65. The fraction of sp³-hybridized carbons (Fsp3) is 0.0909. The zero-order valence-corrected chi connectivity index (χ0v) is 10.7. The van der Waals surface area contributed by atoms with Gasteiger partial charge >= 0.3 is 0 Å². The molecule has 6 heteroatoms. The fourth-order valence-corrected chi connectivity index (χ4v) is 3.20. The van der Waals surface area contributed by atoms with Crippen molar-refractivity contribution in [3.63, 3.8) is 0 Å². The molecule has 4 nitrogen and oxygen atoms in total. The molecule has 0 saturated heterocycles. The van der Waals surface area contributed by atoms with Crippen LogP contribution in [-0.2, 0) is 0 Å². The Kier molecular flexibility index (Phi) is 2.54. The second-order valence-corrected chi connectivity index (χ2v) is 5.78. The highest BCUT2D eigenvalue weighted by Gasteiger charge is 2.11. The molecule has 0 aliphatic rings. The van der Waals surface area contributed by atoms with Gasteiger partial charge in [-0.25, -0.2) is 15.8 Å². The second kappa shape index (κ2) is 4.06. The number of aryl methyl sites for hydroxylation is 1. The number of hydrogen-bond acceptors (Lipinski definition) is 6. The summed E-state index contributed by atoms with van der Waals surface area (Å²) in [6, 6.07) is 6.04. The van der Waals surface area contributed by atoms with E-state index in [0.29, 0.717) is 5.82 Å². The standard InChI is InChI=1S/C11H10N4S2/c1-6-5-7-9(15-12)13-10(14-11(7)17-6)8-3-2-4-16-8/h2-5H,12H2,1H3,(H,13,14,15). The molecule has 3 aromatic heterocycles. The molecule has 0 aliphatic carbocycles. The average Bonchev–Trinajstić information content (AvgIpc) is 2.94. The molecule has 0 radical (unpaired) electrons. The van der Waals surface area contributed by atoms with Crippen LogP contribution in [0.25, 0.3) is 20.9 Å². The van der Waals surface area contributed by atoms with Gasteiger partial charge in [0.15, 0.2) is 11.6 Å². The van der Waals surface area contributed by atoms with E-state index in [-0.39, 0.29) is 0 Å². The maximum Gasteiger partial charge on any atom is 0.173 e. The molecule has 0 aliphatic heterocycles. The van der Waals surface area contributed by atoms with Crippen LogP contribution in [0, 0.1) is 6.92 Å². The van der Waals surface area contributed by atoms with Crippen molar-refractivity contribution in [3.8, 4) is 10.7 Å². The molecule has 0 aromatic carbocycles. The third kappa shape index (κ3) is 1.80. The smallest absolute Gasteiger partial charge is 0.173 e. The van der Waals surface area contributed by atoms with Crippen molar-refractivity contribution < 1.29 is 0 Å². The minimum absolute atomic E-state index is 0.683. The topological polar surface area (TPSA) is 63.8 Å². The van der Waals surface area contributed by atoms with E-state index in [1.54, 1.807) is 22.7 Å². The highest BCUT2D eigenvalue weighted by atomic mass is 32.1. The molecule has 0 spiro atoms. The SMILES string of the molecule is Cc1cc2c(NN)nc(-c3cccs3)nc2s1. The Morgan fingerprint density at radius 3 is 2.94 bits per heavy atom. The number of rotatable bonds is 2. The molecule has 3 aromatic rings. The number of nitrogens with two attached hydrogens (primary N) is 1. The number of thiophene rings is 2. The molecule has 3 N–H and O–H groups in total. The van der Waals surface area contributed by atoms with Gasteiger partial charge in [-0.05, 0) is 24.4 Å². The Morgan fingerprint density at radius 2 is 2.24 bits per heavy atom. The van der Waals surface area contributed by atoms with Crippen LogP contribution < -0.4 is 11.3 Å². The van der Waals surface area contributed by atoms with E-state index < -0.39 is 0 Å². The Morgan fingerprint density at radius 1 is 1.35 bits per heavy atom. The van der Waals surface area contributed by atoms with E-state index in [1.165, 1.54) is 4.88 Å². The first-order valence-electron chi connectivity index (χ1n) is 5.06. The summed E-state index contributed by atoms with van der Waals surface area (Å²) in [7, 11) is 0. The molecule has 0 saturated carbocycles. The number of nitrogens with one attached hydrogen (secondary N) is 1. The van der Waals surface area contributed by atoms with Crippen molar-refractivity contribution >= 4 is 38.7 Å². The zero-order chi connectivity index (χ0) is 11.8. The first kappa shape index (κ1) is 10.6. The number of hydrogen-bond donors (Lipinski definition) is 2. The summed E-state index contributed by atoms with van der Waals surface area (Å²) < 4.78 is 0. The fourth-order valence-electron chi connectivity index (χ4n) is 1.67. The highest BCUT2D eigenvalue weighted by Crippen LogP contribution is 2.31.